The molecule has 2 bridgehead atoms. The highest BCUT2D eigenvalue weighted by Crippen LogP contribution is 2.42. The van der Waals surface area contributed by atoms with Crippen molar-refractivity contribution in [2.75, 3.05) is 18.4 Å². The molecule has 0 spiro atoms. The van der Waals surface area contributed by atoms with Crippen LogP contribution in [0.15, 0.2) is 47.6 Å². The number of amides is 3. The molecule has 1 fully saturated rings. The van der Waals surface area contributed by atoms with Crippen LogP contribution in [0.4, 0.5) is 19.3 Å². The van der Waals surface area contributed by atoms with E-state index in [-0.39, 0.29) is 17.6 Å². The van der Waals surface area contributed by atoms with Crippen molar-refractivity contribution in [3.8, 4) is 0 Å². The van der Waals surface area contributed by atoms with E-state index in [1.54, 1.807) is 6.20 Å². The predicted octanol–water partition coefficient (Wildman–Crippen LogP) is 2.21. The zero-order chi connectivity index (χ0) is 21.9. The fourth-order valence-corrected chi connectivity index (χ4v) is 5.81. The van der Waals surface area contributed by atoms with Crippen LogP contribution in [-0.4, -0.2) is 53.7 Å². The number of benzene rings is 1. The predicted molar refractivity (Wildman–Crippen MR) is 105 cm³/mol. The van der Waals surface area contributed by atoms with Crippen LogP contribution in [0.1, 0.15) is 12.0 Å². The summed E-state index contributed by atoms with van der Waals surface area (Å²) in [6, 6.07) is 3.13. The highest BCUT2D eigenvalue weighted by atomic mass is 32.2. The van der Waals surface area contributed by atoms with Crippen LogP contribution in [0.3, 0.4) is 0 Å². The molecular weight excluding hydrogens is 430 g/mol. The van der Waals surface area contributed by atoms with Gasteiger partial charge in [0, 0.05) is 18.7 Å². The number of carbonyl (C=O) groups excluding carboxylic acids is 2. The third-order valence-corrected chi connectivity index (χ3v) is 7.54. The average Bonchev–Trinajstić information content (AvgIpc) is 3.33. The molecule has 3 heterocycles. The summed E-state index contributed by atoms with van der Waals surface area (Å²) in [5.74, 6) is -1.80. The van der Waals surface area contributed by atoms with Crippen LogP contribution in [0.2, 0.25) is 0 Å². The summed E-state index contributed by atoms with van der Waals surface area (Å²) in [6.07, 6.45) is 5.15. The third-order valence-electron chi connectivity index (χ3n) is 5.77. The lowest BCUT2D eigenvalue weighted by Crippen LogP contribution is -2.50. The molecule has 1 saturated heterocycles. The van der Waals surface area contributed by atoms with Crippen LogP contribution >= 0.6 is 0 Å². The van der Waals surface area contributed by atoms with Crippen LogP contribution in [0.25, 0.3) is 5.57 Å². The van der Waals surface area contributed by atoms with Crippen molar-refractivity contribution in [2.45, 2.75) is 17.4 Å². The lowest BCUT2D eigenvalue weighted by Gasteiger charge is -2.31. The number of hydrogen-bond donors (Lipinski definition) is 1. The number of fused-ring (bicyclic) bond motifs is 3. The topological polar surface area (TPSA) is 99.7 Å². The second-order valence-electron chi connectivity index (χ2n) is 7.64. The SMILES string of the molecule is O=C(CN1C(=O)Nc2ccc(F)cc2S1(=O)=O)N1C[C@@H]2C[C@H]1C=C2c1cncc(F)c1. The molecular formula is C20H16F2N4O4S. The Hall–Kier alpha value is -3.34. The lowest BCUT2D eigenvalue weighted by molar-refractivity contribution is -0.131. The molecule has 3 aliphatic rings. The van der Waals surface area contributed by atoms with Crippen molar-refractivity contribution in [1.29, 1.82) is 0 Å². The average molecular weight is 446 g/mol. The maximum atomic E-state index is 13.6. The highest BCUT2D eigenvalue weighted by molar-refractivity contribution is 7.90. The normalized spacial score (nSPS) is 23.4. The standard InChI is InChI=1S/C20H16F2N4O4S/c21-13-1-2-17-18(5-13)31(29,30)26(20(28)24-17)10-19(27)25-9-12-4-15(25)6-16(12)11-3-14(22)8-23-7-11/h1-3,5-8,12,15H,4,9-10H2,(H,24,28)/t12-,15-/m0/s1. The van der Waals surface area contributed by atoms with Crippen molar-refractivity contribution >= 4 is 33.2 Å². The monoisotopic (exact) mass is 446 g/mol. The van der Waals surface area contributed by atoms with Crippen molar-refractivity contribution in [3.63, 3.8) is 0 Å². The number of hydrogen-bond acceptors (Lipinski definition) is 5. The van der Waals surface area contributed by atoms with E-state index < -0.39 is 45.0 Å². The Morgan fingerprint density at radius 3 is 2.71 bits per heavy atom. The Labute approximate surface area is 176 Å². The minimum absolute atomic E-state index is 0.0286. The van der Waals surface area contributed by atoms with E-state index >= 15 is 0 Å². The maximum absolute atomic E-state index is 13.6. The summed E-state index contributed by atoms with van der Waals surface area (Å²) in [5, 5.41) is 2.37. The summed E-state index contributed by atoms with van der Waals surface area (Å²) in [5.41, 5.74) is 1.51. The lowest BCUT2D eigenvalue weighted by atomic mass is 9.96. The van der Waals surface area contributed by atoms with E-state index in [4.69, 9.17) is 0 Å². The van der Waals surface area contributed by atoms with Gasteiger partial charge in [-0.05, 0) is 41.8 Å². The number of pyridine rings is 1. The molecule has 31 heavy (non-hydrogen) atoms. The number of sulfonamides is 1. The van der Waals surface area contributed by atoms with Gasteiger partial charge in [0.2, 0.25) is 5.91 Å². The third kappa shape index (κ3) is 3.16. The van der Waals surface area contributed by atoms with Gasteiger partial charge in [0.25, 0.3) is 10.0 Å². The molecule has 8 nitrogen and oxygen atoms in total. The number of nitrogens with zero attached hydrogens (tertiary/aromatic N) is 3. The van der Waals surface area contributed by atoms with Gasteiger partial charge in [0.05, 0.1) is 17.9 Å². The van der Waals surface area contributed by atoms with Crippen LogP contribution < -0.4 is 5.32 Å². The highest BCUT2D eigenvalue weighted by Gasteiger charge is 2.44. The van der Waals surface area contributed by atoms with Gasteiger partial charge >= 0.3 is 6.03 Å². The first-order chi connectivity index (χ1) is 14.7. The Bertz CT molecular complexity index is 1260. The maximum Gasteiger partial charge on any atom is 0.336 e. The van der Waals surface area contributed by atoms with Gasteiger partial charge in [-0.25, -0.2) is 26.3 Å². The number of aromatic nitrogens is 1. The molecule has 1 aromatic heterocycles. The van der Waals surface area contributed by atoms with Gasteiger partial charge in [0.15, 0.2) is 0 Å². The first kappa shape index (κ1) is 19.6. The summed E-state index contributed by atoms with van der Waals surface area (Å²) in [4.78, 5) is 30.2. The smallest absolute Gasteiger partial charge is 0.334 e. The van der Waals surface area contributed by atoms with Crippen LogP contribution in [-0.2, 0) is 14.8 Å². The van der Waals surface area contributed by atoms with E-state index in [2.05, 4.69) is 10.3 Å². The van der Waals surface area contributed by atoms with Crippen LogP contribution in [0, 0.1) is 17.6 Å². The molecule has 160 valence electrons. The molecule has 2 aromatic rings. The Morgan fingerprint density at radius 1 is 1.19 bits per heavy atom. The zero-order valence-corrected chi connectivity index (χ0v) is 16.8. The number of halogens is 2. The quantitative estimate of drug-likeness (QED) is 0.779. The number of carbonyl (C=O) groups is 2. The molecule has 11 heteroatoms. The van der Waals surface area contributed by atoms with Crippen molar-refractivity contribution in [2.24, 2.45) is 5.92 Å². The van der Waals surface area contributed by atoms with E-state index in [9.17, 15) is 26.8 Å². The fourth-order valence-electron chi connectivity index (χ4n) is 4.37. The first-order valence-corrected chi connectivity index (χ1v) is 10.9. The van der Waals surface area contributed by atoms with Crippen LogP contribution in [0.5, 0.6) is 0 Å². The van der Waals surface area contributed by atoms with Crippen molar-refractivity contribution in [3.05, 3.63) is 59.9 Å². The molecule has 1 aromatic carbocycles. The van der Waals surface area contributed by atoms with E-state index in [0.29, 0.717) is 22.8 Å². The van der Waals surface area contributed by atoms with Crippen molar-refractivity contribution in [1.82, 2.24) is 14.2 Å². The number of rotatable bonds is 3. The van der Waals surface area contributed by atoms with Gasteiger partial charge in [-0.1, -0.05) is 6.08 Å². The number of likely N-dealkylation sites (tertiary alicyclic amines) is 1. The first-order valence-electron chi connectivity index (χ1n) is 9.49. The molecule has 0 radical (unpaired) electrons. The summed E-state index contributed by atoms with van der Waals surface area (Å²) < 4.78 is 53.1. The molecule has 1 N–H and O–H groups in total. The van der Waals surface area contributed by atoms with Gasteiger partial charge in [-0.15, -0.1) is 0 Å². The second kappa shape index (κ2) is 6.84. The van der Waals surface area contributed by atoms with E-state index in [1.807, 2.05) is 6.08 Å². The molecule has 5 rings (SSSR count). The second-order valence-corrected chi connectivity index (χ2v) is 9.47. The van der Waals surface area contributed by atoms with Gasteiger partial charge in [-0.3, -0.25) is 9.78 Å². The summed E-state index contributed by atoms with van der Waals surface area (Å²) >= 11 is 0. The van der Waals surface area contributed by atoms with Crippen molar-refractivity contribution < 1.29 is 26.8 Å². The Morgan fingerprint density at radius 2 is 2.00 bits per heavy atom. The molecule has 0 unspecified atom stereocenters. The minimum atomic E-state index is -4.38. The molecule has 0 saturated carbocycles. The van der Waals surface area contributed by atoms with Gasteiger partial charge in [0.1, 0.15) is 23.1 Å². The van der Waals surface area contributed by atoms with Gasteiger partial charge in [-0.2, -0.15) is 0 Å². The molecule has 3 amide bonds. The number of nitrogens with one attached hydrogen (secondary N) is 1. The fraction of sp³-hybridized carbons (Fsp3) is 0.250. The largest absolute Gasteiger partial charge is 0.336 e. The summed E-state index contributed by atoms with van der Waals surface area (Å²) in [7, 11) is -4.38. The Kier molecular flexibility index (Phi) is 4.33. The number of anilines is 1. The number of urea groups is 1. The minimum Gasteiger partial charge on any atom is -0.334 e. The zero-order valence-electron chi connectivity index (χ0n) is 16.0. The summed E-state index contributed by atoms with van der Waals surface area (Å²) in [6.45, 7) is -0.370. The van der Waals surface area contributed by atoms with Gasteiger partial charge < -0.3 is 10.2 Å². The molecule has 2 atom stereocenters. The van der Waals surface area contributed by atoms with E-state index in [0.717, 1.165) is 30.0 Å². The van der Waals surface area contributed by atoms with E-state index in [1.165, 1.54) is 11.0 Å². The molecule has 2 aliphatic heterocycles. The molecule has 1 aliphatic carbocycles. The Balaban J connectivity index is 1.36.